The fourth-order valence-corrected chi connectivity index (χ4v) is 7.71. The molecule has 0 aliphatic heterocycles. The summed E-state index contributed by atoms with van der Waals surface area (Å²) in [6.07, 6.45) is -4.68. The molecule has 7 rings (SSSR count). The first kappa shape index (κ1) is 38.7. The minimum Gasteiger partial charge on any atom is -0.394 e. The third-order valence-corrected chi connectivity index (χ3v) is 10.0. The number of pyridine rings is 1. The van der Waals surface area contributed by atoms with E-state index in [1.54, 1.807) is 18.2 Å². The highest BCUT2D eigenvalue weighted by Gasteiger charge is 2.68. The van der Waals surface area contributed by atoms with E-state index in [2.05, 4.69) is 37.1 Å². The molecule has 0 radical (unpaired) electrons. The monoisotopic (exact) mass is 804 g/mol. The van der Waals surface area contributed by atoms with Crippen molar-refractivity contribution in [3.8, 4) is 23.0 Å². The zero-order chi connectivity index (χ0) is 40.5. The van der Waals surface area contributed by atoms with Gasteiger partial charge < -0.3 is 16.2 Å². The summed E-state index contributed by atoms with van der Waals surface area (Å²) in [6, 6.07) is 8.06. The molecule has 3 heterocycles. The number of fused-ring (bicyclic) bond motifs is 4. The number of carbonyl (C=O) groups excluding carboxylic acids is 1. The molecular weight excluding hydrogens is 774 g/mol. The second-order valence-electron chi connectivity index (χ2n) is 13.7. The van der Waals surface area contributed by atoms with Crippen molar-refractivity contribution in [3.63, 3.8) is 0 Å². The van der Waals surface area contributed by atoms with Crippen molar-refractivity contribution in [3.05, 3.63) is 94.1 Å². The average Bonchev–Trinajstić information content (AvgIpc) is 3.65. The van der Waals surface area contributed by atoms with Crippen LogP contribution in [0.3, 0.4) is 0 Å². The number of benzene rings is 2. The van der Waals surface area contributed by atoms with Crippen LogP contribution in [-0.4, -0.2) is 62.9 Å². The number of nitrogens with zero attached hydrogens (tertiary/aromatic N) is 5. The van der Waals surface area contributed by atoms with E-state index in [1.807, 2.05) is 0 Å². The highest BCUT2D eigenvalue weighted by atomic mass is 32.2. The largest absolute Gasteiger partial charge is 0.435 e. The molecule has 2 aliphatic rings. The second kappa shape index (κ2) is 13.9. The Balaban J connectivity index is 1.37. The molecule has 2 aromatic carbocycles. The lowest BCUT2D eigenvalue weighted by Crippen LogP contribution is -2.35. The van der Waals surface area contributed by atoms with Crippen molar-refractivity contribution in [2.45, 2.75) is 49.5 Å². The third kappa shape index (κ3) is 7.41. The Morgan fingerprint density at radius 2 is 1.82 bits per heavy atom. The van der Waals surface area contributed by atoms with Crippen molar-refractivity contribution in [2.24, 2.45) is 18.7 Å². The number of aromatic nitrogens is 5. The van der Waals surface area contributed by atoms with E-state index in [1.165, 1.54) is 23.9 Å². The van der Waals surface area contributed by atoms with Gasteiger partial charge in [-0.05, 0) is 60.6 Å². The Labute approximate surface area is 313 Å². The number of nitrogens with one attached hydrogen (secondary N) is 2. The van der Waals surface area contributed by atoms with Crippen LogP contribution < -0.4 is 15.8 Å². The van der Waals surface area contributed by atoms with Crippen LogP contribution in [-0.2, 0) is 46.9 Å². The quantitative estimate of drug-likeness (QED) is 0.118. The summed E-state index contributed by atoms with van der Waals surface area (Å²) in [5.41, 5.74) is 3.67. The second-order valence-corrected chi connectivity index (χ2v) is 15.4. The van der Waals surface area contributed by atoms with Gasteiger partial charge in [0.05, 0.1) is 36.2 Å². The zero-order valence-corrected chi connectivity index (χ0v) is 30.1. The normalized spacial score (nSPS) is 18.1. The number of anilines is 1. The van der Waals surface area contributed by atoms with E-state index in [4.69, 9.17) is 5.73 Å². The van der Waals surface area contributed by atoms with Crippen LogP contribution in [0.1, 0.15) is 52.3 Å². The minimum absolute atomic E-state index is 0.00341. The Kier molecular flexibility index (Phi) is 9.61. The van der Waals surface area contributed by atoms with Gasteiger partial charge in [-0.25, -0.2) is 22.2 Å². The van der Waals surface area contributed by atoms with Gasteiger partial charge in [0.1, 0.15) is 29.6 Å². The maximum absolute atomic E-state index is 15.3. The van der Waals surface area contributed by atoms with Crippen LogP contribution >= 0.6 is 0 Å². The fraction of sp³-hybridized carbons (Fsp3) is 0.333. The third-order valence-electron chi connectivity index (χ3n) is 9.47. The predicted octanol–water partition coefficient (Wildman–Crippen LogP) is 4.48. The van der Waals surface area contributed by atoms with Gasteiger partial charge in [-0.2, -0.15) is 32.1 Å². The van der Waals surface area contributed by atoms with Crippen molar-refractivity contribution in [1.82, 2.24) is 29.9 Å². The topological polar surface area (TPSA) is 170 Å². The number of alkyl halides is 5. The van der Waals surface area contributed by atoms with Crippen molar-refractivity contribution >= 4 is 32.7 Å². The maximum Gasteiger partial charge on any atom is 0.435 e. The molecule has 20 heteroatoms. The van der Waals surface area contributed by atoms with E-state index in [0.717, 1.165) is 18.4 Å². The maximum atomic E-state index is 15.3. The zero-order valence-electron chi connectivity index (χ0n) is 29.3. The van der Waals surface area contributed by atoms with Crippen LogP contribution in [0, 0.1) is 29.4 Å². The number of para-hydroxylation sites is 1. The molecule has 5 aromatic rings. The first-order chi connectivity index (χ1) is 26.2. The molecule has 1 fully saturated rings. The number of hydrogen-bond donors (Lipinski definition) is 4. The summed E-state index contributed by atoms with van der Waals surface area (Å²) in [4.78, 5) is 18.5. The predicted molar refractivity (Wildman–Crippen MR) is 187 cm³/mol. The molecule has 1 saturated carbocycles. The Hall–Kier alpha value is -5.52. The first-order valence-corrected chi connectivity index (χ1v) is 18.8. The van der Waals surface area contributed by atoms with Crippen LogP contribution in [0.25, 0.3) is 22.0 Å². The number of nitrogens with two attached hydrogens (primary N) is 1. The molecule has 0 saturated heterocycles. The molecule has 56 heavy (non-hydrogen) atoms. The number of aliphatic hydroxyl groups is 1. The van der Waals surface area contributed by atoms with Crippen LogP contribution in [0.2, 0.25) is 0 Å². The van der Waals surface area contributed by atoms with E-state index in [-0.39, 0.29) is 41.2 Å². The fourth-order valence-electron chi connectivity index (χ4n) is 7.20. The van der Waals surface area contributed by atoms with Gasteiger partial charge in [-0.1, -0.05) is 18.1 Å². The van der Waals surface area contributed by atoms with E-state index in [0.29, 0.717) is 27.2 Å². The van der Waals surface area contributed by atoms with E-state index < -0.39 is 93.7 Å². The van der Waals surface area contributed by atoms with Crippen LogP contribution in [0.15, 0.2) is 48.5 Å². The van der Waals surface area contributed by atoms with Gasteiger partial charge in [-0.15, -0.1) is 0 Å². The van der Waals surface area contributed by atoms with Gasteiger partial charge in [0.15, 0.2) is 11.5 Å². The van der Waals surface area contributed by atoms with Crippen LogP contribution in [0.4, 0.5) is 36.6 Å². The van der Waals surface area contributed by atoms with Gasteiger partial charge in [0.25, 0.3) is 5.92 Å². The molecule has 4 atom stereocenters. The summed E-state index contributed by atoms with van der Waals surface area (Å²) in [6.45, 7) is -1.58. The molecule has 0 bridgehead atoms. The number of carbonyl (C=O) groups is 1. The van der Waals surface area contributed by atoms with Gasteiger partial charge in [0, 0.05) is 41.1 Å². The number of aliphatic hydroxyl groups excluding tert-OH is 1. The number of rotatable bonds is 10. The SMILES string of the molecule is Cn1nc(NS(C)(=O)=O)c2cccc(-c3ccc(C#C[C@@H](N)CO)nc3C(Cc3cc(F)cc(F)c3)NC(=O)Cn3nc(C(F)(F)F)c4c3C(F)(F)[C@@H]3CC43)c21. The molecule has 12 nitrogen and oxygen atoms in total. The summed E-state index contributed by atoms with van der Waals surface area (Å²) in [5, 5.41) is 20.1. The molecule has 2 unspecified atom stereocenters. The lowest BCUT2D eigenvalue weighted by Gasteiger charge is -2.23. The standard InChI is InChI=1S/C36H31F7N8O4S/c1-50-31-23(4-3-5-24(31)34(48-50)49-56(2,54)55)22-9-8-21(7-6-20(44)16-52)45-30(22)27(12-17-10-18(37)13-19(38)11-17)46-28(53)15-51-33-29(32(47-51)36(41,42)43)25-14-26(25)35(33,39)40/h3-5,8-11,13,20,25-27,52H,12,14-16,44H2,1-2H3,(H,46,53)(H,48,49)/t20-,25?,26-,27?/m1/s1. The Morgan fingerprint density at radius 1 is 1.11 bits per heavy atom. The molecular formula is C36H31F7N8O4S. The average molecular weight is 805 g/mol. The first-order valence-electron chi connectivity index (χ1n) is 16.9. The summed E-state index contributed by atoms with van der Waals surface area (Å²) in [5.74, 6) is -3.80. The van der Waals surface area contributed by atoms with E-state index in [9.17, 15) is 40.3 Å². The molecule has 0 spiro atoms. The smallest absolute Gasteiger partial charge is 0.394 e. The molecule has 294 valence electrons. The highest BCUT2D eigenvalue weighted by Crippen LogP contribution is 2.68. The minimum atomic E-state index is -5.08. The van der Waals surface area contributed by atoms with Gasteiger partial charge in [0.2, 0.25) is 15.9 Å². The van der Waals surface area contributed by atoms with Gasteiger partial charge in [-0.3, -0.25) is 18.9 Å². The number of amides is 1. The Bertz CT molecular complexity index is 2560. The lowest BCUT2D eigenvalue weighted by molar-refractivity contribution is -0.142. The number of aryl methyl sites for hydroxylation is 1. The number of sulfonamides is 1. The molecule has 3 aromatic heterocycles. The lowest BCUT2D eigenvalue weighted by atomic mass is 9.93. The van der Waals surface area contributed by atoms with Crippen molar-refractivity contribution < 1.29 is 49.1 Å². The number of hydrogen-bond acceptors (Lipinski definition) is 8. The molecule has 5 N–H and O–H groups in total. The molecule has 2 aliphatic carbocycles. The van der Waals surface area contributed by atoms with Crippen molar-refractivity contribution in [2.75, 3.05) is 17.6 Å². The summed E-state index contributed by atoms with van der Waals surface area (Å²) in [7, 11) is -2.25. The molecule has 1 amide bonds. The van der Waals surface area contributed by atoms with E-state index >= 15 is 8.78 Å². The van der Waals surface area contributed by atoms with Gasteiger partial charge >= 0.3 is 6.18 Å². The van der Waals surface area contributed by atoms with Crippen molar-refractivity contribution in [1.29, 1.82) is 0 Å². The Morgan fingerprint density at radius 3 is 2.48 bits per heavy atom. The van der Waals surface area contributed by atoms with Crippen LogP contribution in [0.5, 0.6) is 0 Å². The number of halogens is 7. The summed E-state index contributed by atoms with van der Waals surface area (Å²) >= 11 is 0. The highest BCUT2D eigenvalue weighted by molar-refractivity contribution is 7.92. The summed E-state index contributed by atoms with van der Waals surface area (Å²) < 4.78 is 130.